The lowest BCUT2D eigenvalue weighted by atomic mass is 9.96. The summed E-state index contributed by atoms with van der Waals surface area (Å²) in [6.07, 6.45) is 1.19. The van der Waals surface area contributed by atoms with Crippen LogP contribution >= 0.6 is 0 Å². The number of benzene rings is 1. The first-order chi connectivity index (χ1) is 12.1. The third-order valence-electron chi connectivity index (χ3n) is 4.24. The van der Waals surface area contributed by atoms with Gasteiger partial charge in [-0.3, -0.25) is 0 Å². The Hall–Kier alpha value is -0.960. The largest absolute Gasteiger partial charge is 0.215 e. The van der Waals surface area contributed by atoms with E-state index in [1.54, 1.807) is 0 Å². The number of nitrogens with one attached hydrogen (secondary N) is 2. The molecule has 1 rings (SSSR count). The van der Waals surface area contributed by atoms with E-state index in [0.29, 0.717) is 25.9 Å². The smallest absolute Gasteiger partial charge is 0.211 e. The van der Waals surface area contributed by atoms with Gasteiger partial charge in [0.2, 0.25) is 20.0 Å². The quantitative estimate of drug-likeness (QED) is 0.560. The average Bonchev–Trinajstić information content (AvgIpc) is 2.58. The summed E-state index contributed by atoms with van der Waals surface area (Å²) in [6, 6.07) is 7.91. The molecule has 0 aliphatic carbocycles. The van der Waals surface area contributed by atoms with E-state index in [9.17, 15) is 16.8 Å². The second kappa shape index (κ2) is 10.4. The zero-order chi connectivity index (χ0) is 19.8. The first-order valence-corrected chi connectivity index (χ1v) is 12.4. The normalized spacial score (nSPS) is 14.9. The van der Waals surface area contributed by atoms with E-state index < -0.39 is 20.0 Å². The molecule has 0 aliphatic heterocycles. The van der Waals surface area contributed by atoms with Crippen LogP contribution in [0.3, 0.4) is 0 Å². The van der Waals surface area contributed by atoms with Crippen LogP contribution in [0, 0.1) is 0 Å². The summed E-state index contributed by atoms with van der Waals surface area (Å²) < 4.78 is 52.2. The van der Waals surface area contributed by atoms with Gasteiger partial charge in [0.15, 0.2) is 0 Å². The fourth-order valence-electron chi connectivity index (χ4n) is 2.57. The molecule has 0 radical (unpaired) electrons. The lowest BCUT2D eigenvalue weighted by molar-refractivity contribution is 0.571. The Morgan fingerprint density at radius 3 is 1.31 bits per heavy atom. The van der Waals surface area contributed by atoms with Gasteiger partial charge in [-0.15, -0.1) is 0 Å². The zero-order valence-electron chi connectivity index (χ0n) is 16.2. The minimum Gasteiger partial charge on any atom is -0.215 e. The van der Waals surface area contributed by atoms with Crippen molar-refractivity contribution in [1.82, 2.24) is 9.44 Å². The maximum absolute atomic E-state index is 11.7. The molecule has 0 spiro atoms. The van der Waals surface area contributed by atoms with Crippen molar-refractivity contribution >= 4 is 20.0 Å². The summed E-state index contributed by atoms with van der Waals surface area (Å²) in [7, 11) is -6.40. The molecule has 0 bridgehead atoms. The fraction of sp³-hybridized carbons (Fsp3) is 0.667. The predicted molar refractivity (Wildman–Crippen MR) is 107 cm³/mol. The van der Waals surface area contributed by atoms with Crippen LogP contribution in [0.15, 0.2) is 24.3 Å². The van der Waals surface area contributed by atoms with Gasteiger partial charge in [0.1, 0.15) is 0 Å². The van der Waals surface area contributed by atoms with E-state index in [1.165, 1.54) is 0 Å². The van der Waals surface area contributed by atoms with Crippen molar-refractivity contribution in [2.75, 3.05) is 24.6 Å². The third-order valence-corrected chi connectivity index (χ3v) is 7.34. The van der Waals surface area contributed by atoms with Gasteiger partial charge < -0.3 is 0 Å². The van der Waals surface area contributed by atoms with Gasteiger partial charge in [-0.1, -0.05) is 52.0 Å². The average molecular weight is 405 g/mol. The molecular formula is C18H32N2O4S2. The number of hydrogen-bond acceptors (Lipinski definition) is 4. The van der Waals surface area contributed by atoms with Crippen LogP contribution in [-0.2, 0) is 20.0 Å². The van der Waals surface area contributed by atoms with Gasteiger partial charge >= 0.3 is 0 Å². The topological polar surface area (TPSA) is 92.3 Å². The van der Waals surface area contributed by atoms with E-state index in [-0.39, 0.29) is 23.3 Å². The highest BCUT2D eigenvalue weighted by atomic mass is 32.2. The van der Waals surface area contributed by atoms with E-state index >= 15 is 0 Å². The first kappa shape index (κ1) is 23.1. The molecule has 26 heavy (non-hydrogen) atoms. The second-order valence-electron chi connectivity index (χ2n) is 6.80. The zero-order valence-corrected chi connectivity index (χ0v) is 17.8. The molecule has 0 aromatic heterocycles. The summed E-state index contributed by atoms with van der Waals surface area (Å²) in [4.78, 5) is 0. The van der Waals surface area contributed by atoms with Crippen molar-refractivity contribution in [3.63, 3.8) is 0 Å². The van der Waals surface area contributed by atoms with Crippen LogP contribution < -0.4 is 9.44 Å². The fourth-order valence-corrected chi connectivity index (χ4v) is 4.95. The summed E-state index contributed by atoms with van der Waals surface area (Å²) in [5.74, 6) is 0.414. The van der Waals surface area contributed by atoms with E-state index in [0.717, 1.165) is 11.1 Å². The minimum atomic E-state index is -3.20. The van der Waals surface area contributed by atoms with Crippen molar-refractivity contribution in [3.05, 3.63) is 35.4 Å². The monoisotopic (exact) mass is 404 g/mol. The molecule has 2 N–H and O–H groups in total. The lowest BCUT2D eigenvalue weighted by Gasteiger charge is -2.16. The summed E-state index contributed by atoms with van der Waals surface area (Å²) >= 11 is 0. The summed E-state index contributed by atoms with van der Waals surface area (Å²) in [6.45, 7) is 8.37. The summed E-state index contributed by atoms with van der Waals surface area (Å²) in [5, 5.41) is 0. The molecule has 0 aliphatic rings. The molecule has 0 fully saturated rings. The molecule has 2 atom stereocenters. The second-order valence-corrected chi connectivity index (χ2v) is 10.7. The van der Waals surface area contributed by atoms with Crippen LogP contribution in [-0.4, -0.2) is 41.4 Å². The van der Waals surface area contributed by atoms with Crippen LogP contribution in [0.2, 0.25) is 0 Å². The van der Waals surface area contributed by atoms with Crippen LogP contribution in [0.5, 0.6) is 0 Å². The van der Waals surface area contributed by atoms with Crippen molar-refractivity contribution in [1.29, 1.82) is 0 Å². The summed E-state index contributed by atoms with van der Waals surface area (Å²) in [5.41, 5.74) is 2.10. The van der Waals surface area contributed by atoms with E-state index in [1.807, 2.05) is 52.0 Å². The van der Waals surface area contributed by atoms with Crippen molar-refractivity contribution in [2.45, 2.75) is 52.4 Å². The SMILES string of the molecule is CCCS(=O)(=O)NCC(C)c1ccc(C(C)CNS(=O)(=O)CCC)cc1. The Kier molecular flexibility index (Phi) is 9.23. The first-order valence-electron chi connectivity index (χ1n) is 9.14. The van der Waals surface area contributed by atoms with Crippen LogP contribution in [0.4, 0.5) is 0 Å². The molecule has 1 aromatic rings. The predicted octanol–water partition coefficient (Wildman–Crippen LogP) is 2.55. The van der Waals surface area contributed by atoms with Crippen molar-refractivity contribution in [2.24, 2.45) is 0 Å². The van der Waals surface area contributed by atoms with Crippen LogP contribution in [0.25, 0.3) is 0 Å². The van der Waals surface area contributed by atoms with Gasteiger partial charge in [-0.2, -0.15) is 0 Å². The van der Waals surface area contributed by atoms with E-state index in [4.69, 9.17) is 0 Å². The lowest BCUT2D eigenvalue weighted by Crippen LogP contribution is -2.30. The number of hydrogen-bond donors (Lipinski definition) is 2. The van der Waals surface area contributed by atoms with Gasteiger partial charge in [0.25, 0.3) is 0 Å². The van der Waals surface area contributed by atoms with Crippen molar-refractivity contribution in [3.8, 4) is 0 Å². The van der Waals surface area contributed by atoms with Crippen LogP contribution in [0.1, 0.15) is 63.5 Å². The Morgan fingerprint density at radius 1 is 0.731 bits per heavy atom. The molecule has 0 amide bonds. The maximum Gasteiger partial charge on any atom is 0.211 e. The molecule has 8 heteroatoms. The van der Waals surface area contributed by atoms with Gasteiger partial charge in [0.05, 0.1) is 11.5 Å². The molecule has 0 saturated heterocycles. The molecule has 2 unspecified atom stereocenters. The third kappa shape index (κ3) is 8.16. The Morgan fingerprint density at radius 2 is 1.04 bits per heavy atom. The Bertz CT molecular complexity index is 679. The molecule has 150 valence electrons. The highest BCUT2D eigenvalue weighted by molar-refractivity contribution is 7.89. The molecule has 6 nitrogen and oxygen atoms in total. The Labute approximate surface area is 158 Å². The molecular weight excluding hydrogens is 372 g/mol. The number of sulfonamides is 2. The Balaban J connectivity index is 2.61. The van der Waals surface area contributed by atoms with Crippen molar-refractivity contribution < 1.29 is 16.8 Å². The number of rotatable bonds is 12. The standard InChI is InChI=1S/C18H32N2O4S2/c1-5-11-25(21,22)19-13-15(3)17-7-9-18(10-8-17)16(4)14-20-26(23,24)12-6-2/h7-10,15-16,19-20H,5-6,11-14H2,1-4H3. The maximum atomic E-state index is 11.7. The van der Waals surface area contributed by atoms with Gasteiger partial charge in [-0.25, -0.2) is 26.3 Å². The highest BCUT2D eigenvalue weighted by Gasteiger charge is 2.14. The van der Waals surface area contributed by atoms with E-state index in [2.05, 4.69) is 9.44 Å². The highest BCUT2D eigenvalue weighted by Crippen LogP contribution is 2.20. The van der Waals surface area contributed by atoms with Gasteiger partial charge in [0, 0.05) is 13.1 Å². The molecule has 0 heterocycles. The minimum absolute atomic E-state index is 0.0639. The van der Waals surface area contributed by atoms with Gasteiger partial charge in [-0.05, 0) is 35.8 Å². The molecule has 1 aromatic carbocycles. The molecule has 0 saturated carbocycles.